The van der Waals surface area contributed by atoms with Crippen LogP contribution in [0.1, 0.15) is 26.7 Å². The lowest BCUT2D eigenvalue weighted by molar-refractivity contribution is -0.155. The number of hydrogen-bond acceptors (Lipinski definition) is 6. The van der Waals surface area contributed by atoms with Crippen LogP contribution in [-0.2, 0) is 28.6 Å². The van der Waals surface area contributed by atoms with Crippen LogP contribution in [0.25, 0.3) is 0 Å². The Morgan fingerprint density at radius 2 is 2.05 bits per heavy atom. The first kappa shape index (κ1) is 14.8. The van der Waals surface area contributed by atoms with Gasteiger partial charge >= 0.3 is 5.97 Å². The molecule has 7 nitrogen and oxygen atoms in total. The van der Waals surface area contributed by atoms with Crippen molar-refractivity contribution in [1.29, 1.82) is 0 Å². The van der Waals surface area contributed by atoms with Crippen molar-refractivity contribution < 1.29 is 26.9 Å². The SMILES string of the molecule is CC(C)C(=O)NCC(=O)OC1C2CC3C1OS(=O)(=O)C3C2. The van der Waals surface area contributed by atoms with E-state index in [0.29, 0.717) is 6.42 Å². The lowest BCUT2D eigenvalue weighted by Gasteiger charge is -2.24. The second kappa shape index (κ2) is 4.95. The maximum atomic E-state index is 11.8. The largest absolute Gasteiger partial charge is 0.458 e. The Labute approximate surface area is 123 Å². The number of nitrogens with one attached hydrogen (secondary N) is 1. The second-order valence-electron chi connectivity index (χ2n) is 6.31. The van der Waals surface area contributed by atoms with Gasteiger partial charge in [0.1, 0.15) is 18.8 Å². The molecule has 1 saturated heterocycles. The summed E-state index contributed by atoms with van der Waals surface area (Å²) in [5, 5.41) is 2.06. The lowest BCUT2D eigenvalue weighted by atomic mass is 9.94. The highest BCUT2D eigenvalue weighted by Gasteiger charge is 2.65. The molecule has 1 N–H and O–H groups in total. The smallest absolute Gasteiger partial charge is 0.325 e. The van der Waals surface area contributed by atoms with Gasteiger partial charge in [-0.1, -0.05) is 13.8 Å². The molecule has 8 heteroatoms. The number of amides is 1. The van der Waals surface area contributed by atoms with E-state index in [4.69, 9.17) is 8.92 Å². The van der Waals surface area contributed by atoms with Crippen LogP contribution >= 0.6 is 0 Å². The summed E-state index contributed by atoms with van der Waals surface area (Å²) in [4.78, 5) is 23.2. The Kier molecular flexibility index (Phi) is 3.48. The van der Waals surface area contributed by atoms with Gasteiger partial charge in [-0.2, -0.15) is 8.42 Å². The maximum absolute atomic E-state index is 11.8. The van der Waals surface area contributed by atoms with Crippen LogP contribution in [0.15, 0.2) is 0 Å². The second-order valence-corrected chi connectivity index (χ2v) is 8.10. The van der Waals surface area contributed by atoms with Gasteiger partial charge in [-0.3, -0.25) is 13.8 Å². The van der Waals surface area contributed by atoms with E-state index < -0.39 is 33.5 Å². The number of esters is 1. The van der Waals surface area contributed by atoms with E-state index in [2.05, 4.69) is 5.32 Å². The molecule has 118 valence electrons. The Balaban J connectivity index is 1.58. The van der Waals surface area contributed by atoms with E-state index in [0.717, 1.165) is 6.42 Å². The average molecular weight is 317 g/mol. The topological polar surface area (TPSA) is 98.8 Å². The van der Waals surface area contributed by atoms with Crippen molar-refractivity contribution in [3.05, 3.63) is 0 Å². The van der Waals surface area contributed by atoms with Crippen LogP contribution in [0.3, 0.4) is 0 Å². The number of rotatable bonds is 4. The van der Waals surface area contributed by atoms with E-state index in [1.54, 1.807) is 13.8 Å². The molecule has 5 unspecified atom stereocenters. The maximum Gasteiger partial charge on any atom is 0.325 e. The van der Waals surface area contributed by atoms with E-state index >= 15 is 0 Å². The van der Waals surface area contributed by atoms with Gasteiger partial charge in [-0.05, 0) is 12.8 Å². The van der Waals surface area contributed by atoms with Crippen molar-refractivity contribution in [3.8, 4) is 0 Å². The molecule has 5 atom stereocenters. The molecule has 3 aliphatic rings. The van der Waals surface area contributed by atoms with Gasteiger partial charge in [0.2, 0.25) is 5.91 Å². The van der Waals surface area contributed by atoms with E-state index in [9.17, 15) is 18.0 Å². The molecule has 21 heavy (non-hydrogen) atoms. The Bertz CT molecular complexity index is 571. The third kappa shape index (κ3) is 2.44. The molecule has 2 saturated carbocycles. The van der Waals surface area contributed by atoms with Crippen LogP contribution in [0, 0.1) is 17.8 Å². The average Bonchev–Trinajstić information content (AvgIpc) is 2.99. The van der Waals surface area contributed by atoms with Gasteiger partial charge in [0.15, 0.2) is 0 Å². The van der Waals surface area contributed by atoms with Crippen molar-refractivity contribution >= 4 is 22.0 Å². The summed E-state index contributed by atoms with van der Waals surface area (Å²) < 4.78 is 34.0. The van der Waals surface area contributed by atoms with Crippen LogP contribution in [0.5, 0.6) is 0 Å². The highest BCUT2D eigenvalue weighted by molar-refractivity contribution is 7.87. The molecule has 1 amide bonds. The molecule has 0 radical (unpaired) electrons. The van der Waals surface area contributed by atoms with Gasteiger partial charge < -0.3 is 10.1 Å². The monoisotopic (exact) mass is 317 g/mol. The molecule has 3 fully saturated rings. The number of hydrogen-bond donors (Lipinski definition) is 1. The van der Waals surface area contributed by atoms with Crippen molar-refractivity contribution in [3.63, 3.8) is 0 Å². The molecule has 2 aliphatic carbocycles. The summed E-state index contributed by atoms with van der Waals surface area (Å²) in [5.74, 6) is -0.981. The van der Waals surface area contributed by atoms with E-state index in [-0.39, 0.29) is 30.2 Å². The number of carbonyl (C=O) groups is 2. The molecule has 2 bridgehead atoms. The molecule has 0 aromatic carbocycles. The summed E-state index contributed by atoms with van der Waals surface area (Å²) in [6, 6.07) is 0. The number of ether oxygens (including phenoxy) is 1. The molecular weight excluding hydrogens is 298 g/mol. The van der Waals surface area contributed by atoms with Crippen LogP contribution in [0.4, 0.5) is 0 Å². The minimum absolute atomic E-state index is 0.0482. The summed E-state index contributed by atoms with van der Waals surface area (Å²) in [7, 11) is -3.50. The first-order valence-corrected chi connectivity index (χ1v) is 8.66. The van der Waals surface area contributed by atoms with Crippen molar-refractivity contribution in [2.45, 2.75) is 44.1 Å². The first-order valence-electron chi connectivity index (χ1n) is 7.19. The fourth-order valence-corrected chi connectivity index (χ4v) is 5.48. The standard InChI is InChI=1S/C13H19NO6S/c1-6(2)13(16)14-5-10(15)19-11-7-3-8-9(4-7)21(17,18)20-12(8)11/h6-9,11-12H,3-5H2,1-2H3,(H,14,16). The zero-order chi connectivity index (χ0) is 15.4. The van der Waals surface area contributed by atoms with Gasteiger partial charge in [-0.15, -0.1) is 0 Å². The summed E-state index contributed by atoms with van der Waals surface area (Å²) in [6.07, 6.45) is 0.181. The highest BCUT2D eigenvalue weighted by atomic mass is 32.2. The number of carbonyl (C=O) groups excluding carboxylic acids is 2. The molecular formula is C13H19NO6S. The molecule has 0 aromatic rings. The third-order valence-corrected chi connectivity index (χ3v) is 6.39. The molecule has 1 heterocycles. The van der Waals surface area contributed by atoms with Crippen molar-refractivity contribution in [1.82, 2.24) is 5.32 Å². The predicted molar refractivity (Wildman–Crippen MR) is 71.5 cm³/mol. The number of fused-ring (bicyclic) bond motifs is 1. The summed E-state index contributed by atoms with van der Waals surface area (Å²) in [5.41, 5.74) is 0. The van der Waals surface area contributed by atoms with Crippen LogP contribution in [0.2, 0.25) is 0 Å². The lowest BCUT2D eigenvalue weighted by Crippen LogP contribution is -2.40. The summed E-state index contributed by atoms with van der Waals surface area (Å²) >= 11 is 0. The van der Waals surface area contributed by atoms with Crippen LogP contribution in [-0.4, -0.2) is 44.3 Å². The van der Waals surface area contributed by atoms with Gasteiger partial charge in [0, 0.05) is 17.8 Å². The fourth-order valence-electron chi connectivity index (χ4n) is 3.60. The molecule has 3 rings (SSSR count). The predicted octanol–water partition coefficient (Wildman–Crippen LogP) is -0.193. The minimum Gasteiger partial charge on any atom is -0.458 e. The highest BCUT2D eigenvalue weighted by Crippen LogP contribution is 2.55. The third-order valence-electron chi connectivity index (χ3n) is 4.61. The summed E-state index contributed by atoms with van der Waals surface area (Å²) in [6.45, 7) is 3.26. The van der Waals surface area contributed by atoms with Crippen molar-refractivity contribution in [2.75, 3.05) is 6.54 Å². The molecule has 1 aliphatic heterocycles. The molecule has 0 aromatic heterocycles. The van der Waals surface area contributed by atoms with Gasteiger partial charge in [0.25, 0.3) is 10.1 Å². The zero-order valence-corrected chi connectivity index (χ0v) is 12.8. The quantitative estimate of drug-likeness (QED) is 0.570. The molecule has 0 spiro atoms. The normalized spacial score (nSPS) is 38.7. The Hall–Kier alpha value is -1.15. The van der Waals surface area contributed by atoms with Gasteiger partial charge in [-0.25, -0.2) is 0 Å². The minimum atomic E-state index is -3.50. The van der Waals surface area contributed by atoms with E-state index in [1.165, 1.54) is 0 Å². The fraction of sp³-hybridized carbons (Fsp3) is 0.846. The van der Waals surface area contributed by atoms with E-state index in [1.807, 2.05) is 0 Å². The Morgan fingerprint density at radius 3 is 2.71 bits per heavy atom. The van der Waals surface area contributed by atoms with Gasteiger partial charge in [0.05, 0.1) is 5.25 Å². The Morgan fingerprint density at radius 1 is 1.33 bits per heavy atom. The first-order chi connectivity index (χ1) is 9.79. The van der Waals surface area contributed by atoms with Crippen molar-refractivity contribution in [2.24, 2.45) is 17.8 Å². The zero-order valence-electron chi connectivity index (χ0n) is 11.9. The van der Waals surface area contributed by atoms with Crippen LogP contribution < -0.4 is 5.32 Å².